The SMILES string of the molecule is CSc1nc(C(=O)Nc2ccc(C)c(C(N)=O)c2)c2ccccn12. The summed E-state index contributed by atoms with van der Waals surface area (Å²) in [6.07, 6.45) is 3.77. The molecule has 3 N–H and O–H groups in total. The van der Waals surface area contributed by atoms with E-state index in [2.05, 4.69) is 10.3 Å². The van der Waals surface area contributed by atoms with Gasteiger partial charge in [0.15, 0.2) is 10.9 Å². The first-order valence-electron chi connectivity index (χ1n) is 7.24. The van der Waals surface area contributed by atoms with E-state index in [1.54, 1.807) is 25.1 Å². The Bertz CT molecular complexity index is 949. The molecule has 2 amide bonds. The first-order valence-corrected chi connectivity index (χ1v) is 8.46. The average molecular weight is 340 g/mol. The molecule has 0 unspecified atom stereocenters. The highest BCUT2D eigenvalue weighted by atomic mass is 32.2. The van der Waals surface area contributed by atoms with Gasteiger partial charge in [-0.05, 0) is 43.0 Å². The minimum absolute atomic E-state index is 0.334. The van der Waals surface area contributed by atoms with Crippen molar-refractivity contribution < 1.29 is 9.59 Å². The van der Waals surface area contributed by atoms with Crippen LogP contribution in [0.15, 0.2) is 47.8 Å². The average Bonchev–Trinajstić information content (AvgIpc) is 2.95. The molecule has 2 heterocycles. The molecule has 0 aliphatic carbocycles. The zero-order valence-corrected chi connectivity index (χ0v) is 14.1. The van der Waals surface area contributed by atoms with Crippen molar-refractivity contribution in [1.29, 1.82) is 0 Å². The van der Waals surface area contributed by atoms with E-state index in [0.717, 1.165) is 16.2 Å². The van der Waals surface area contributed by atoms with Gasteiger partial charge < -0.3 is 11.1 Å². The molecule has 7 heteroatoms. The van der Waals surface area contributed by atoms with Crippen molar-refractivity contribution in [3.8, 4) is 0 Å². The van der Waals surface area contributed by atoms with Crippen molar-refractivity contribution in [1.82, 2.24) is 9.38 Å². The van der Waals surface area contributed by atoms with Gasteiger partial charge in [-0.1, -0.05) is 23.9 Å². The molecular formula is C17H16N4O2S. The lowest BCUT2D eigenvalue weighted by Crippen LogP contribution is -2.16. The number of anilines is 1. The Morgan fingerprint density at radius 3 is 2.75 bits per heavy atom. The Balaban J connectivity index is 1.96. The van der Waals surface area contributed by atoms with Crippen LogP contribution in [0.1, 0.15) is 26.4 Å². The normalized spacial score (nSPS) is 10.8. The summed E-state index contributed by atoms with van der Waals surface area (Å²) in [4.78, 5) is 28.5. The summed E-state index contributed by atoms with van der Waals surface area (Å²) in [5, 5.41) is 3.51. The lowest BCUT2D eigenvalue weighted by Gasteiger charge is -2.07. The molecule has 122 valence electrons. The van der Waals surface area contributed by atoms with Crippen LogP contribution in [0.5, 0.6) is 0 Å². The maximum Gasteiger partial charge on any atom is 0.276 e. The molecule has 6 nitrogen and oxygen atoms in total. The number of hydrogen-bond acceptors (Lipinski definition) is 4. The van der Waals surface area contributed by atoms with Gasteiger partial charge in [0.25, 0.3) is 5.91 Å². The van der Waals surface area contributed by atoms with E-state index in [0.29, 0.717) is 16.9 Å². The van der Waals surface area contributed by atoms with E-state index in [9.17, 15) is 9.59 Å². The quantitative estimate of drug-likeness (QED) is 0.715. The Labute approximate surface area is 143 Å². The Kier molecular flexibility index (Phi) is 4.26. The van der Waals surface area contributed by atoms with Gasteiger partial charge in [-0.25, -0.2) is 4.98 Å². The van der Waals surface area contributed by atoms with Gasteiger partial charge in [-0.2, -0.15) is 0 Å². The first kappa shape index (κ1) is 16.1. The number of nitrogens with one attached hydrogen (secondary N) is 1. The van der Waals surface area contributed by atoms with E-state index in [1.807, 2.05) is 35.1 Å². The molecule has 0 bridgehead atoms. The topological polar surface area (TPSA) is 89.5 Å². The fraction of sp³-hybridized carbons (Fsp3) is 0.118. The predicted octanol–water partition coefficient (Wildman–Crippen LogP) is 2.72. The monoisotopic (exact) mass is 340 g/mol. The molecule has 3 aromatic rings. The summed E-state index contributed by atoms with van der Waals surface area (Å²) in [5.41, 5.74) is 8.05. The third kappa shape index (κ3) is 2.85. The second kappa shape index (κ2) is 6.37. The highest BCUT2D eigenvalue weighted by Crippen LogP contribution is 2.21. The summed E-state index contributed by atoms with van der Waals surface area (Å²) in [5.74, 6) is -0.862. The van der Waals surface area contributed by atoms with Crippen LogP contribution in [0.4, 0.5) is 5.69 Å². The van der Waals surface area contributed by atoms with Gasteiger partial charge in [-0.3, -0.25) is 14.0 Å². The molecule has 0 spiro atoms. The fourth-order valence-electron chi connectivity index (χ4n) is 2.48. The smallest absolute Gasteiger partial charge is 0.276 e. The number of aromatic nitrogens is 2. The number of pyridine rings is 1. The number of thioether (sulfide) groups is 1. The molecule has 0 aliphatic rings. The summed E-state index contributed by atoms with van der Waals surface area (Å²) in [6.45, 7) is 1.79. The lowest BCUT2D eigenvalue weighted by molar-refractivity contribution is 0.0995. The third-order valence-corrected chi connectivity index (χ3v) is 4.33. The van der Waals surface area contributed by atoms with Crippen molar-refractivity contribution in [2.75, 3.05) is 11.6 Å². The van der Waals surface area contributed by atoms with Crippen LogP contribution in [0.3, 0.4) is 0 Å². The molecule has 0 fully saturated rings. The molecule has 0 saturated carbocycles. The zero-order chi connectivity index (χ0) is 17.3. The van der Waals surface area contributed by atoms with Gasteiger partial charge >= 0.3 is 0 Å². The van der Waals surface area contributed by atoms with Crippen LogP contribution in [0, 0.1) is 6.92 Å². The van der Waals surface area contributed by atoms with Crippen molar-refractivity contribution in [2.45, 2.75) is 12.1 Å². The number of carbonyl (C=O) groups is 2. The van der Waals surface area contributed by atoms with Crippen molar-refractivity contribution >= 4 is 34.8 Å². The van der Waals surface area contributed by atoms with Crippen molar-refractivity contribution in [2.24, 2.45) is 5.73 Å². The van der Waals surface area contributed by atoms with Gasteiger partial charge in [0.05, 0.1) is 5.52 Å². The zero-order valence-electron chi connectivity index (χ0n) is 13.2. The number of benzene rings is 1. The Morgan fingerprint density at radius 2 is 2.04 bits per heavy atom. The minimum Gasteiger partial charge on any atom is -0.366 e. The van der Waals surface area contributed by atoms with Crippen LogP contribution in [0.2, 0.25) is 0 Å². The third-order valence-electron chi connectivity index (χ3n) is 3.67. The molecule has 0 radical (unpaired) electrons. The number of hydrogen-bond donors (Lipinski definition) is 2. The second-order valence-corrected chi connectivity index (χ2v) is 6.02. The van der Waals surface area contributed by atoms with E-state index in [4.69, 9.17) is 5.73 Å². The van der Waals surface area contributed by atoms with E-state index in [-0.39, 0.29) is 5.91 Å². The maximum atomic E-state index is 12.6. The van der Waals surface area contributed by atoms with Crippen molar-refractivity contribution in [3.05, 3.63) is 59.4 Å². The number of fused-ring (bicyclic) bond motifs is 1. The highest BCUT2D eigenvalue weighted by Gasteiger charge is 2.17. The highest BCUT2D eigenvalue weighted by molar-refractivity contribution is 7.98. The number of aryl methyl sites for hydroxylation is 1. The van der Waals surface area contributed by atoms with E-state index < -0.39 is 5.91 Å². The minimum atomic E-state index is -0.527. The van der Waals surface area contributed by atoms with Gasteiger partial charge in [0.1, 0.15) is 0 Å². The van der Waals surface area contributed by atoms with Gasteiger partial charge in [0, 0.05) is 17.4 Å². The van der Waals surface area contributed by atoms with Crippen LogP contribution in [-0.2, 0) is 0 Å². The molecule has 3 rings (SSSR count). The molecule has 0 aliphatic heterocycles. The largest absolute Gasteiger partial charge is 0.366 e. The molecule has 24 heavy (non-hydrogen) atoms. The summed E-state index contributed by atoms with van der Waals surface area (Å²) >= 11 is 1.46. The summed E-state index contributed by atoms with van der Waals surface area (Å²) < 4.78 is 1.86. The first-order chi connectivity index (χ1) is 11.5. The van der Waals surface area contributed by atoms with Crippen LogP contribution in [-0.4, -0.2) is 27.5 Å². The number of carbonyl (C=O) groups excluding carboxylic acids is 2. The van der Waals surface area contributed by atoms with Gasteiger partial charge in [-0.15, -0.1) is 0 Å². The van der Waals surface area contributed by atoms with E-state index in [1.165, 1.54) is 11.8 Å². The van der Waals surface area contributed by atoms with Crippen LogP contribution >= 0.6 is 11.8 Å². The number of imidazole rings is 1. The van der Waals surface area contributed by atoms with Gasteiger partial charge in [0.2, 0.25) is 5.91 Å². The van der Waals surface area contributed by atoms with Crippen molar-refractivity contribution in [3.63, 3.8) is 0 Å². The second-order valence-electron chi connectivity index (χ2n) is 5.25. The number of amides is 2. The maximum absolute atomic E-state index is 12.6. The fourth-order valence-corrected chi connectivity index (χ4v) is 3.01. The standard InChI is InChI=1S/C17H16N4O2S/c1-10-6-7-11(9-12(10)15(18)22)19-16(23)14-13-5-3-4-8-21(13)17(20-14)24-2/h3-9H,1-2H3,(H2,18,22)(H,19,23). The molecular weight excluding hydrogens is 324 g/mol. The predicted molar refractivity (Wildman–Crippen MR) is 94.6 cm³/mol. The number of nitrogens with two attached hydrogens (primary N) is 1. The van der Waals surface area contributed by atoms with Crippen LogP contribution < -0.4 is 11.1 Å². The number of primary amides is 1. The number of rotatable bonds is 4. The molecule has 1 aromatic carbocycles. The van der Waals surface area contributed by atoms with E-state index >= 15 is 0 Å². The summed E-state index contributed by atoms with van der Waals surface area (Å²) in [7, 11) is 0. The molecule has 0 saturated heterocycles. The lowest BCUT2D eigenvalue weighted by atomic mass is 10.1. The van der Waals surface area contributed by atoms with Crippen LogP contribution in [0.25, 0.3) is 5.52 Å². The Morgan fingerprint density at radius 1 is 1.25 bits per heavy atom. The number of nitrogens with zero attached hydrogens (tertiary/aromatic N) is 2. The molecule has 2 aromatic heterocycles. The summed E-state index contributed by atoms with van der Waals surface area (Å²) in [6, 6.07) is 10.6. The Hall–Kier alpha value is -2.80. The molecule has 0 atom stereocenters.